The molecule has 0 spiro atoms. The minimum absolute atomic E-state index is 0.164. The highest BCUT2D eigenvalue weighted by Gasteiger charge is 2.42. The molecule has 1 fully saturated rings. The number of carbonyl (C=O) groups excluding carboxylic acids is 2. The molecule has 0 aromatic heterocycles. The zero-order chi connectivity index (χ0) is 21.1. The summed E-state index contributed by atoms with van der Waals surface area (Å²) in [6.45, 7) is 12.6. The molecule has 2 aliphatic rings. The van der Waals surface area contributed by atoms with Crippen molar-refractivity contribution in [2.45, 2.75) is 27.7 Å². The predicted octanol–water partition coefficient (Wildman–Crippen LogP) is 2.70. The normalized spacial score (nSPS) is 18.6. The van der Waals surface area contributed by atoms with Crippen LogP contribution in [0.3, 0.4) is 0 Å². The number of rotatable bonds is 7. The Hall–Kier alpha value is -2.34. The van der Waals surface area contributed by atoms with Gasteiger partial charge in [0.1, 0.15) is 11.4 Å². The van der Waals surface area contributed by atoms with Crippen LogP contribution in [0.15, 0.2) is 30.0 Å². The molecule has 0 radical (unpaired) electrons. The number of carbonyl (C=O) groups is 2. The first-order chi connectivity index (χ1) is 13.8. The molecule has 158 valence electrons. The Morgan fingerprint density at radius 2 is 1.52 bits per heavy atom. The van der Waals surface area contributed by atoms with E-state index in [0.717, 1.165) is 37.5 Å². The Morgan fingerprint density at radius 3 is 2.07 bits per heavy atom. The summed E-state index contributed by atoms with van der Waals surface area (Å²) in [5.74, 6) is 1.10. The van der Waals surface area contributed by atoms with Crippen LogP contribution in [0.5, 0.6) is 5.75 Å². The molecule has 0 bridgehead atoms. The third kappa shape index (κ3) is 4.81. The summed E-state index contributed by atoms with van der Waals surface area (Å²) in [4.78, 5) is 32.2. The van der Waals surface area contributed by atoms with Gasteiger partial charge in [-0.15, -0.1) is 0 Å². The second kappa shape index (κ2) is 8.99. The van der Waals surface area contributed by atoms with Crippen LogP contribution in [0, 0.1) is 11.8 Å². The van der Waals surface area contributed by atoms with Crippen LogP contribution in [0.1, 0.15) is 33.3 Å². The predicted molar refractivity (Wildman–Crippen MR) is 114 cm³/mol. The highest BCUT2D eigenvalue weighted by atomic mass is 16.5. The molecule has 0 aliphatic carbocycles. The third-order valence-electron chi connectivity index (χ3n) is 5.24. The average molecular weight is 400 g/mol. The van der Waals surface area contributed by atoms with E-state index in [9.17, 15) is 9.59 Å². The van der Waals surface area contributed by atoms with Gasteiger partial charge in [0.2, 0.25) is 0 Å². The first-order valence-corrected chi connectivity index (χ1v) is 10.5. The number of hydrogen-bond donors (Lipinski definition) is 0. The first-order valence-electron chi connectivity index (χ1n) is 10.5. The van der Waals surface area contributed by atoms with E-state index in [1.807, 2.05) is 38.1 Å². The van der Waals surface area contributed by atoms with Gasteiger partial charge in [-0.05, 0) is 36.6 Å². The topological polar surface area (TPSA) is 53.1 Å². The van der Waals surface area contributed by atoms with Gasteiger partial charge < -0.3 is 14.5 Å². The zero-order valence-electron chi connectivity index (χ0n) is 18.3. The van der Waals surface area contributed by atoms with E-state index >= 15 is 0 Å². The number of hydrogen-bond acceptors (Lipinski definition) is 5. The van der Waals surface area contributed by atoms with Crippen LogP contribution in [-0.2, 0) is 9.59 Å². The minimum Gasteiger partial charge on any atom is -0.493 e. The number of nitrogens with zero attached hydrogens (tertiary/aromatic N) is 3. The average Bonchev–Trinajstić information content (AvgIpc) is 2.92. The molecule has 2 heterocycles. The molecule has 0 N–H and O–H groups in total. The Balaban J connectivity index is 1.93. The lowest BCUT2D eigenvalue weighted by Gasteiger charge is -2.34. The zero-order valence-corrected chi connectivity index (χ0v) is 18.3. The van der Waals surface area contributed by atoms with Crippen molar-refractivity contribution in [2.75, 3.05) is 46.4 Å². The van der Waals surface area contributed by atoms with Gasteiger partial charge in [-0.1, -0.05) is 39.8 Å². The lowest BCUT2D eigenvalue weighted by Crippen LogP contribution is -2.46. The second-order valence-electron chi connectivity index (χ2n) is 8.86. The third-order valence-corrected chi connectivity index (χ3v) is 5.24. The first kappa shape index (κ1) is 21.4. The molecule has 0 saturated carbocycles. The summed E-state index contributed by atoms with van der Waals surface area (Å²) in [6.07, 6.45) is 0. The Labute approximate surface area is 174 Å². The van der Waals surface area contributed by atoms with Crippen LogP contribution in [0.4, 0.5) is 0 Å². The summed E-state index contributed by atoms with van der Waals surface area (Å²) >= 11 is 0. The van der Waals surface area contributed by atoms with Crippen molar-refractivity contribution in [2.24, 2.45) is 11.8 Å². The van der Waals surface area contributed by atoms with Crippen molar-refractivity contribution in [3.05, 3.63) is 35.5 Å². The fraction of sp³-hybridized carbons (Fsp3) is 0.565. The van der Waals surface area contributed by atoms with Crippen LogP contribution in [0.2, 0.25) is 0 Å². The van der Waals surface area contributed by atoms with Crippen molar-refractivity contribution < 1.29 is 14.3 Å². The summed E-state index contributed by atoms with van der Waals surface area (Å²) < 4.78 is 5.77. The van der Waals surface area contributed by atoms with Gasteiger partial charge in [0.05, 0.1) is 12.2 Å². The smallest absolute Gasteiger partial charge is 0.277 e. The van der Waals surface area contributed by atoms with E-state index in [4.69, 9.17) is 4.74 Å². The molecule has 3 rings (SSSR count). The molecule has 0 unspecified atom stereocenters. The number of likely N-dealkylation sites (N-methyl/N-ethyl adjacent to an activating group) is 1. The summed E-state index contributed by atoms with van der Waals surface area (Å²) in [5.41, 5.74) is 1.86. The summed E-state index contributed by atoms with van der Waals surface area (Å²) in [5, 5.41) is 0. The van der Waals surface area contributed by atoms with E-state index in [2.05, 4.69) is 30.7 Å². The van der Waals surface area contributed by atoms with Crippen LogP contribution in [-0.4, -0.2) is 72.9 Å². The monoisotopic (exact) mass is 399 g/mol. The van der Waals surface area contributed by atoms with E-state index in [1.54, 1.807) is 0 Å². The maximum absolute atomic E-state index is 13.2. The van der Waals surface area contributed by atoms with Gasteiger partial charge in [0.25, 0.3) is 11.8 Å². The largest absolute Gasteiger partial charge is 0.493 e. The molecular weight excluding hydrogens is 366 g/mol. The SMILES string of the molecule is CC(C)COc1ccc(C2=C(N3CCN(C)CC3)C(=O)N(CC(C)C)C2=O)cc1. The maximum Gasteiger partial charge on any atom is 0.277 e. The Morgan fingerprint density at radius 1 is 0.897 bits per heavy atom. The maximum atomic E-state index is 13.2. The standard InChI is InChI=1S/C23H33N3O3/c1-16(2)14-26-22(27)20(18-6-8-19(9-7-18)29-15-17(3)4)21(23(26)28)25-12-10-24(5)11-13-25/h6-9,16-17H,10-15H2,1-5H3. The van der Waals surface area contributed by atoms with Gasteiger partial charge in [-0.25, -0.2) is 0 Å². The minimum atomic E-state index is -0.187. The summed E-state index contributed by atoms with van der Waals surface area (Å²) in [6, 6.07) is 7.56. The molecular formula is C23H33N3O3. The number of ether oxygens (including phenoxy) is 1. The van der Waals surface area contributed by atoms with Crippen LogP contribution < -0.4 is 4.74 Å². The molecule has 1 aromatic rings. The lowest BCUT2D eigenvalue weighted by molar-refractivity contribution is -0.138. The Kier molecular flexibility index (Phi) is 6.63. The number of imide groups is 1. The number of amides is 2. The van der Waals surface area contributed by atoms with Gasteiger partial charge in [0, 0.05) is 32.7 Å². The highest BCUT2D eigenvalue weighted by molar-refractivity contribution is 6.35. The Bertz CT molecular complexity index is 775. The van der Waals surface area contributed by atoms with Crippen LogP contribution in [0.25, 0.3) is 5.57 Å². The van der Waals surface area contributed by atoms with Crippen molar-refractivity contribution in [1.82, 2.24) is 14.7 Å². The van der Waals surface area contributed by atoms with Crippen molar-refractivity contribution >= 4 is 17.4 Å². The second-order valence-corrected chi connectivity index (χ2v) is 8.86. The molecule has 2 amide bonds. The molecule has 29 heavy (non-hydrogen) atoms. The van der Waals surface area contributed by atoms with E-state index in [-0.39, 0.29) is 17.7 Å². The van der Waals surface area contributed by atoms with Crippen molar-refractivity contribution in [3.8, 4) is 5.75 Å². The van der Waals surface area contributed by atoms with Gasteiger partial charge in [-0.3, -0.25) is 14.5 Å². The quantitative estimate of drug-likeness (QED) is 0.660. The highest BCUT2D eigenvalue weighted by Crippen LogP contribution is 2.33. The number of piperazine rings is 1. The van der Waals surface area contributed by atoms with Gasteiger partial charge in [0.15, 0.2) is 0 Å². The number of benzene rings is 1. The molecule has 2 aliphatic heterocycles. The van der Waals surface area contributed by atoms with E-state index < -0.39 is 0 Å². The molecule has 6 heteroatoms. The van der Waals surface area contributed by atoms with Gasteiger partial charge >= 0.3 is 0 Å². The molecule has 6 nitrogen and oxygen atoms in total. The van der Waals surface area contributed by atoms with Crippen molar-refractivity contribution in [1.29, 1.82) is 0 Å². The lowest BCUT2D eigenvalue weighted by atomic mass is 10.0. The fourth-order valence-electron chi connectivity index (χ4n) is 3.66. The van der Waals surface area contributed by atoms with E-state index in [1.165, 1.54) is 4.90 Å². The van der Waals surface area contributed by atoms with Crippen molar-refractivity contribution in [3.63, 3.8) is 0 Å². The van der Waals surface area contributed by atoms with Gasteiger partial charge in [-0.2, -0.15) is 0 Å². The molecule has 1 saturated heterocycles. The summed E-state index contributed by atoms with van der Waals surface area (Å²) in [7, 11) is 2.08. The van der Waals surface area contributed by atoms with Crippen LogP contribution >= 0.6 is 0 Å². The molecule has 0 atom stereocenters. The van der Waals surface area contributed by atoms with E-state index in [0.29, 0.717) is 30.3 Å². The fourth-order valence-corrected chi connectivity index (χ4v) is 3.66. The molecule has 1 aromatic carbocycles.